The van der Waals surface area contributed by atoms with E-state index in [9.17, 15) is 4.39 Å². The van der Waals surface area contributed by atoms with Crippen molar-refractivity contribution in [2.45, 2.75) is 19.8 Å². The summed E-state index contributed by atoms with van der Waals surface area (Å²) in [7, 11) is 0. The van der Waals surface area contributed by atoms with Crippen LogP contribution in [0.1, 0.15) is 25.3 Å². The second kappa shape index (κ2) is 6.39. The van der Waals surface area contributed by atoms with E-state index in [-0.39, 0.29) is 5.82 Å². The largest absolute Gasteiger partial charge is 0.378 e. The molecule has 1 saturated heterocycles. The predicted octanol–water partition coefficient (Wildman–Crippen LogP) is 4.08. The molecule has 0 aliphatic carbocycles. The van der Waals surface area contributed by atoms with E-state index in [1.54, 1.807) is 0 Å². The molecule has 2 heteroatoms. The summed E-state index contributed by atoms with van der Waals surface area (Å²) in [4.78, 5) is 2.36. The van der Waals surface area contributed by atoms with Crippen LogP contribution in [0.2, 0.25) is 0 Å². The zero-order chi connectivity index (χ0) is 12.8. The van der Waals surface area contributed by atoms with E-state index in [0.717, 1.165) is 18.7 Å². The van der Waals surface area contributed by atoms with Gasteiger partial charge in [0, 0.05) is 13.1 Å². The Morgan fingerprint density at radius 1 is 1.17 bits per heavy atom. The van der Waals surface area contributed by atoms with Gasteiger partial charge in [-0.2, -0.15) is 0 Å². The van der Waals surface area contributed by atoms with Gasteiger partial charge in [-0.1, -0.05) is 30.4 Å². The highest BCUT2D eigenvalue weighted by atomic mass is 19.1. The lowest BCUT2D eigenvalue weighted by molar-refractivity contribution is 0.272. The van der Waals surface area contributed by atoms with Crippen LogP contribution in [0.3, 0.4) is 0 Å². The summed E-state index contributed by atoms with van der Waals surface area (Å²) in [6.45, 7) is 4.31. The fourth-order valence-corrected chi connectivity index (χ4v) is 2.29. The molecule has 1 aromatic carbocycles. The zero-order valence-corrected chi connectivity index (χ0v) is 10.8. The summed E-state index contributed by atoms with van der Waals surface area (Å²) in [6.07, 6.45) is 11.0. The molecule has 0 atom stereocenters. The molecule has 0 spiro atoms. The molecular weight excluding hydrogens is 225 g/mol. The van der Waals surface area contributed by atoms with Gasteiger partial charge in [0.05, 0.1) is 0 Å². The number of allylic oxidation sites excluding steroid dienone is 2. The van der Waals surface area contributed by atoms with Gasteiger partial charge in [0.25, 0.3) is 0 Å². The molecule has 1 fully saturated rings. The first kappa shape index (κ1) is 12.9. The molecule has 0 saturated carbocycles. The van der Waals surface area contributed by atoms with Gasteiger partial charge >= 0.3 is 0 Å². The van der Waals surface area contributed by atoms with Crippen LogP contribution in [0.5, 0.6) is 0 Å². The zero-order valence-electron chi connectivity index (χ0n) is 10.8. The molecule has 1 aliphatic rings. The maximum Gasteiger partial charge on any atom is 0.123 e. The summed E-state index contributed by atoms with van der Waals surface area (Å²) in [5, 5.41) is 0. The summed E-state index contributed by atoms with van der Waals surface area (Å²) in [5.41, 5.74) is 1.08. The van der Waals surface area contributed by atoms with Crippen LogP contribution in [-0.4, -0.2) is 18.0 Å². The Morgan fingerprint density at radius 2 is 1.83 bits per heavy atom. The standard InChI is InChI=1S/C16H20FN/c1-2-11-18-12-9-15(10-13-18)4-3-14-5-7-16(17)8-6-14/h2-8,11,15H,9-10,12-13H2,1H3/b4-3+,11-2+. The van der Waals surface area contributed by atoms with Gasteiger partial charge < -0.3 is 4.90 Å². The Hall–Kier alpha value is -1.57. The van der Waals surface area contributed by atoms with Crippen molar-refractivity contribution < 1.29 is 4.39 Å². The highest BCUT2D eigenvalue weighted by Gasteiger charge is 2.14. The average Bonchev–Trinajstić information content (AvgIpc) is 2.40. The number of halogens is 1. The van der Waals surface area contributed by atoms with Crippen LogP contribution < -0.4 is 0 Å². The Balaban J connectivity index is 1.86. The van der Waals surface area contributed by atoms with Gasteiger partial charge in [-0.15, -0.1) is 0 Å². The number of nitrogens with zero attached hydrogens (tertiary/aromatic N) is 1. The Bertz CT molecular complexity index is 411. The maximum absolute atomic E-state index is 12.8. The van der Waals surface area contributed by atoms with Crippen LogP contribution in [-0.2, 0) is 0 Å². The van der Waals surface area contributed by atoms with Gasteiger partial charge in [-0.05, 0) is 49.6 Å². The molecule has 1 aromatic rings. The van der Waals surface area contributed by atoms with Crippen LogP contribution in [0.25, 0.3) is 6.08 Å². The van der Waals surface area contributed by atoms with E-state index in [1.807, 2.05) is 12.1 Å². The number of hydrogen-bond acceptors (Lipinski definition) is 1. The summed E-state index contributed by atoms with van der Waals surface area (Å²) in [6, 6.07) is 6.66. The summed E-state index contributed by atoms with van der Waals surface area (Å²) < 4.78 is 12.8. The van der Waals surface area contributed by atoms with Crippen LogP contribution in [0.4, 0.5) is 4.39 Å². The number of likely N-dealkylation sites (tertiary alicyclic amines) is 1. The lowest BCUT2D eigenvalue weighted by atomic mass is 9.96. The van der Waals surface area contributed by atoms with Gasteiger partial charge in [0.15, 0.2) is 0 Å². The monoisotopic (exact) mass is 245 g/mol. The highest BCUT2D eigenvalue weighted by Crippen LogP contribution is 2.19. The molecule has 0 radical (unpaired) electrons. The van der Waals surface area contributed by atoms with E-state index in [0.29, 0.717) is 5.92 Å². The van der Waals surface area contributed by atoms with Crippen molar-refractivity contribution in [1.29, 1.82) is 0 Å². The molecule has 2 rings (SSSR count). The van der Waals surface area contributed by atoms with Crippen molar-refractivity contribution in [3.63, 3.8) is 0 Å². The smallest absolute Gasteiger partial charge is 0.123 e. The van der Waals surface area contributed by atoms with Gasteiger partial charge in [0.1, 0.15) is 5.82 Å². The maximum atomic E-state index is 12.8. The fraction of sp³-hybridized carbons (Fsp3) is 0.375. The van der Waals surface area contributed by atoms with Crippen LogP contribution in [0.15, 0.2) is 42.6 Å². The van der Waals surface area contributed by atoms with Crippen molar-refractivity contribution >= 4 is 6.08 Å². The molecule has 96 valence electrons. The van der Waals surface area contributed by atoms with E-state index in [1.165, 1.54) is 25.0 Å². The second-order valence-electron chi connectivity index (χ2n) is 4.77. The lowest BCUT2D eigenvalue weighted by Gasteiger charge is -2.29. The van der Waals surface area contributed by atoms with Crippen LogP contribution in [0, 0.1) is 11.7 Å². The van der Waals surface area contributed by atoms with Crippen molar-refractivity contribution in [3.05, 3.63) is 54.0 Å². The molecule has 0 unspecified atom stereocenters. The van der Waals surface area contributed by atoms with Crippen molar-refractivity contribution in [3.8, 4) is 0 Å². The SMILES string of the molecule is C/C=C/N1CCC(/C=C/c2ccc(F)cc2)CC1. The summed E-state index contributed by atoms with van der Waals surface area (Å²) >= 11 is 0. The third-order valence-corrected chi connectivity index (χ3v) is 3.36. The quantitative estimate of drug-likeness (QED) is 0.775. The minimum Gasteiger partial charge on any atom is -0.378 e. The molecule has 0 amide bonds. The van der Waals surface area contributed by atoms with E-state index in [4.69, 9.17) is 0 Å². The molecule has 0 N–H and O–H groups in total. The van der Waals surface area contributed by atoms with Gasteiger partial charge in [-0.3, -0.25) is 0 Å². The minimum atomic E-state index is -0.174. The Kier molecular flexibility index (Phi) is 4.57. The Morgan fingerprint density at radius 3 is 2.44 bits per heavy atom. The third-order valence-electron chi connectivity index (χ3n) is 3.36. The predicted molar refractivity (Wildman–Crippen MR) is 74.5 cm³/mol. The number of piperidine rings is 1. The first-order valence-electron chi connectivity index (χ1n) is 6.58. The molecule has 18 heavy (non-hydrogen) atoms. The van der Waals surface area contributed by atoms with Crippen molar-refractivity contribution in [2.75, 3.05) is 13.1 Å². The lowest BCUT2D eigenvalue weighted by Crippen LogP contribution is -2.28. The molecule has 0 bridgehead atoms. The van der Waals surface area contributed by atoms with Crippen molar-refractivity contribution in [2.24, 2.45) is 5.92 Å². The molecule has 0 aromatic heterocycles. The van der Waals surface area contributed by atoms with E-state index >= 15 is 0 Å². The van der Waals surface area contributed by atoms with E-state index < -0.39 is 0 Å². The number of hydrogen-bond donors (Lipinski definition) is 0. The topological polar surface area (TPSA) is 3.24 Å². The van der Waals surface area contributed by atoms with Gasteiger partial charge in [-0.25, -0.2) is 4.39 Å². The second-order valence-corrected chi connectivity index (χ2v) is 4.77. The summed E-state index contributed by atoms with van der Waals surface area (Å²) in [5.74, 6) is 0.475. The van der Waals surface area contributed by atoms with E-state index in [2.05, 4.69) is 36.3 Å². The molecular formula is C16H20FN. The van der Waals surface area contributed by atoms with Crippen molar-refractivity contribution in [1.82, 2.24) is 4.90 Å². The minimum absolute atomic E-state index is 0.174. The molecule has 1 nitrogen and oxygen atoms in total. The average molecular weight is 245 g/mol. The number of rotatable bonds is 3. The highest BCUT2D eigenvalue weighted by molar-refractivity contribution is 5.49. The number of benzene rings is 1. The Labute approximate surface area is 109 Å². The third kappa shape index (κ3) is 3.73. The fourth-order valence-electron chi connectivity index (χ4n) is 2.29. The molecule has 1 heterocycles. The van der Waals surface area contributed by atoms with Crippen LogP contribution >= 0.6 is 0 Å². The molecule has 1 aliphatic heterocycles. The van der Waals surface area contributed by atoms with Gasteiger partial charge in [0.2, 0.25) is 0 Å². The normalized spacial score (nSPS) is 18.0. The first-order valence-corrected chi connectivity index (χ1v) is 6.58. The first-order chi connectivity index (χ1) is 8.78.